The minimum Gasteiger partial charge on any atom is -0.469 e. The molecule has 106 valence electrons. The molecule has 0 aliphatic carbocycles. The largest absolute Gasteiger partial charge is 0.469 e. The summed E-state index contributed by atoms with van der Waals surface area (Å²) in [7, 11) is 2.76. The number of ether oxygens (including phenoxy) is 2. The molecule has 0 aliphatic heterocycles. The smallest absolute Gasteiger partial charge is 0.319 e. The highest BCUT2D eigenvalue weighted by Crippen LogP contribution is 2.34. The zero-order chi connectivity index (χ0) is 14.2. The molecule has 0 spiro atoms. The summed E-state index contributed by atoms with van der Waals surface area (Å²) in [6, 6.07) is 0. The van der Waals surface area contributed by atoms with Gasteiger partial charge < -0.3 is 14.8 Å². The molecule has 5 nitrogen and oxygen atoms in total. The minimum atomic E-state index is -0.521. The van der Waals surface area contributed by atoms with Crippen molar-refractivity contribution in [2.45, 2.75) is 33.6 Å². The molecule has 0 aromatic heterocycles. The fourth-order valence-electron chi connectivity index (χ4n) is 1.84. The summed E-state index contributed by atoms with van der Waals surface area (Å²) in [5, 5.41) is 2.97. The average molecular weight is 259 g/mol. The van der Waals surface area contributed by atoms with E-state index in [1.165, 1.54) is 14.2 Å². The molecule has 18 heavy (non-hydrogen) atoms. The quantitative estimate of drug-likeness (QED) is 0.527. The monoisotopic (exact) mass is 259 g/mol. The number of hydrogen-bond donors (Lipinski definition) is 1. The predicted octanol–water partition coefficient (Wildman–Crippen LogP) is 1.36. The highest BCUT2D eigenvalue weighted by atomic mass is 16.5. The fraction of sp³-hybridized carbons (Fsp3) is 0.846. The molecule has 0 aliphatic rings. The molecule has 1 unspecified atom stereocenters. The molecule has 0 heterocycles. The molecule has 0 saturated carbocycles. The Hall–Kier alpha value is -1.10. The SMILES string of the molecule is CCC(C)[C@@](C)(CCNCC(=O)OC)C(=O)OC. The Morgan fingerprint density at radius 1 is 1.28 bits per heavy atom. The maximum atomic E-state index is 11.9. The van der Waals surface area contributed by atoms with Gasteiger partial charge in [-0.05, 0) is 25.8 Å². The zero-order valence-electron chi connectivity index (χ0n) is 12.0. The lowest BCUT2D eigenvalue weighted by atomic mass is 9.74. The Morgan fingerprint density at radius 3 is 2.33 bits per heavy atom. The van der Waals surface area contributed by atoms with Crippen LogP contribution in [-0.4, -0.2) is 39.2 Å². The number of methoxy groups -OCH3 is 2. The highest BCUT2D eigenvalue weighted by molar-refractivity contribution is 5.76. The number of nitrogens with one attached hydrogen (secondary N) is 1. The van der Waals surface area contributed by atoms with Gasteiger partial charge in [0, 0.05) is 0 Å². The summed E-state index contributed by atoms with van der Waals surface area (Å²) in [5.41, 5.74) is -0.521. The lowest BCUT2D eigenvalue weighted by Gasteiger charge is -2.32. The van der Waals surface area contributed by atoms with Crippen LogP contribution < -0.4 is 5.32 Å². The Labute approximate surface area is 109 Å². The molecule has 0 aromatic carbocycles. The second kappa shape index (κ2) is 8.08. The summed E-state index contributed by atoms with van der Waals surface area (Å²) < 4.78 is 9.41. The van der Waals surface area contributed by atoms with E-state index in [0.717, 1.165) is 6.42 Å². The molecule has 0 fully saturated rings. The molecule has 0 aromatic rings. The third-order valence-corrected chi connectivity index (χ3v) is 3.67. The van der Waals surface area contributed by atoms with Crippen molar-refractivity contribution in [3.05, 3.63) is 0 Å². The third kappa shape index (κ3) is 4.64. The van der Waals surface area contributed by atoms with Gasteiger partial charge in [0.25, 0.3) is 0 Å². The van der Waals surface area contributed by atoms with Gasteiger partial charge in [-0.25, -0.2) is 0 Å². The van der Waals surface area contributed by atoms with Crippen molar-refractivity contribution in [2.75, 3.05) is 27.3 Å². The number of carbonyl (C=O) groups excluding carboxylic acids is 2. The van der Waals surface area contributed by atoms with Crippen LogP contribution in [-0.2, 0) is 19.1 Å². The van der Waals surface area contributed by atoms with Gasteiger partial charge in [0.1, 0.15) is 0 Å². The van der Waals surface area contributed by atoms with Crippen molar-refractivity contribution >= 4 is 11.9 Å². The van der Waals surface area contributed by atoms with E-state index in [9.17, 15) is 9.59 Å². The second-order valence-electron chi connectivity index (χ2n) is 4.72. The van der Waals surface area contributed by atoms with Gasteiger partial charge in [-0.2, -0.15) is 0 Å². The van der Waals surface area contributed by atoms with Gasteiger partial charge in [-0.1, -0.05) is 20.3 Å². The lowest BCUT2D eigenvalue weighted by molar-refractivity contribution is -0.155. The number of carbonyl (C=O) groups is 2. The van der Waals surface area contributed by atoms with Crippen LogP contribution in [0.5, 0.6) is 0 Å². The van der Waals surface area contributed by atoms with E-state index in [1.54, 1.807) is 0 Å². The van der Waals surface area contributed by atoms with Gasteiger partial charge in [0.2, 0.25) is 0 Å². The van der Waals surface area contributed by atoms with Crippen LogP contribution in [0.3, 0.4) is 0 Å². The Balaban J connectivity index is 4.35. The Kier molecular flexibility index (Phi) is 7.59. The van der Waals surface area contributed by atoms with Crippen LogP contribution in [0, 0.1) is 11.3 Å². The molecule has 5 heteroatoms. The van der Waals surface area contributed by atoms with Gasteiger partial charge in [0.05, 0.1) is 26.2 Å². The summed E-state index contributed by atoms with van der Waals surface area (Å²) in [5.74, 6) is -0.278. The van der Waals surface area contributed by atoms with E-state index in [4.69, 9.17) is 4.74 Å². The van der Waals surface area contributed by atoms with Crippen LogP contribution in [0.15, 0.2) is 0 Å². The first-order valence-corrected chi connectivity index (χ1v) is 6.28. The van der Waals surface area contributed by atoms with Crippen LogP contribution in [0.2, 0.25) is 0 Å². The zero-order valence-corrected chi connectivity index (χ0v) is 12.0. The van der Waals surface area contributed by atoms with Gasteiger partial charge in [0.15, 0.2) is 0 Å². The number of esters is 2. The molecule has 0 radical (unpaired) electrons. The van der Waals surface area contributed by atoms with Crippen molar-refractivity contribution in [3.63, 3.8) is 0 Å². The topological polar surface area (TPSA) is 64.6 Å². The predicted molar refractivity (Wildman–Crippen MR) is 69.1 cm³/mol. The van der Waals surface area contributed by atoms with Gasteiger partial charge in [-0.3, -0.25) is 9.59 Å². The normalized spacial score (nSPS) is 15.6. The summed E-state index contributed by atoms with van der Waals surface area (Å²) in [6.07, 6.45) is 1.54. The maximum absolute atomic E-state index is 11.9. The molecule has 0 rings (SSSR count). The Morgan fingerprint density at radius 2 is 1.89 bits per heavy atom. The van der Waals surface area contributed by atoms with Gasteiger partial charge >= 0.3 is 11.9 Å². The summed E-state index contributed by atoms with van der Waals surface area (Å²) in [6.45, 7) is 6.73. The summed E-state index contributed by atoms with van der Waals surface area (Å²) in [4.78, 5) is 22.8. The highest BCUT2D eigenvalue weighted by Gasteiger charge is 2.38. The average Bonchev–Trinajstić information content (AvgIpc) is 2.40. The van der Waals surface area contributed by atoms with Crippen molar-refractivity contribution < 1.29 is 19.1 Å². The van der Waals surface area contributed by atoms with Crippen molar-refractivity contribution in [2.24, 2.45) is 11.3 Å². The molecule has 0 saturated heterocycles. The first kappa shape index (κ1) is 16.9. The minimum absolute atomic E-state index is 0.161. The molecule has 2 atom stereocenters. The van der Waals surface area contributed by atoms with Crippen molar-refractivity contribution in [1.29, 1.82) is 0 Å². The van der Waals surface area contributed by atoms with Crippen molar-refractivity contribution in [3.8, 4) is 0 Å². The van der Waals surface area contributed by atoms with E-state index in [1.807, 2.05) is 20.8 Å². The standard InChI is InChI=1S/C13H25NO4/c1-6-10(2)13(3,12(16)18-5)7-8-14-9-11(15)17-4/h10,14H,6-9H2,1-5H3/t10?,13-/m1/s1. The first-order chi connectivity index (χ1) is 8.42. The molecular formula is C13H25NO4. The molecule has 1 N–H and O–H groups in total. The fourth-order valence-corrected chi connectivity index (χ4v) is 1.84. The lowest BCUT2D eigenvalue weighted by Crippen LogP contribution is -2.39. The van der Waals surface area contributed by atoms with E-state index >= 15 is 0 Å². The van der Waals surface area contributed by atoms with Crippen molar-refractivity contribution in [1.82, 2.24) is 5.32 Å². The number of hydrogen-bond acceptors (Lipinski definition) is 5. The Bertz CT molecular complexity index is 280. The van der Waals surface area contributed by atoms with E-state index in [0.29, 0.717) is 13.0 Å². The van der Waals surface area contributed by atoms with Crippen LogP contribution in [0.4, 0.5) is 0 Å². The molecule has 0 bridgehead atoms. The van der Waals surface area contributed by atoms with E-state index in [2.05, 4.69) is 10.1 Å². The molecule has 0 amide bonds. The second-order valence-corrected chi connectivity index (χ2v) is 4.72. The van der Waals surface area contributed by atoms with Crippen LogP contribution in [0.25, 0.3) is 0 Å². The molecular weight excluding hydrogens is 234 g/mol. The summed E-state index contributed by atoms with van der Waals surface area (Å²) >= 11 is 0. The van der Waals surface area contributed by atoms with Gasteiger partial charge in [-0.15, -0.1) is 0 Å². The maximum Gasteiger partial charge on any atom is 0.319 e. The number of rotatable bonds is 8. The van der Waals surface area contributed by atoms with E-state index < -0.39 is 5.41 Å². The van der Waals surface area contributed by atoms with E-state index in [-0.39, 0.29) is 24.4 Å². The van der Waals surface area contributed by atoms with Crippen LogP contribution >= 0.6 is 0 Å². The third-order valence-electron chi connectivity index (χ3n) is 3.67. The first-order valence-electron chi connectivity index (χ1n) is 6.28. The van der Waals surface area contributed by atoms with Crippen LogP contribution in [0.1, 0.15) is 33.6 Å².